The van der Waals surface area contributed by atoms with Gasteiger partial charge in [-0.25, -0.2) is 4.79 Å². The van der Waals surface area contributed by atoms with Gasteiger partial charge >= 0.3 is 35.5 Å². The van der Waals surface area contributed by atoms with Gasteiger partial charge in [0.2, 0.25) is 6.41 Å². The van der Waals surface area contributed by atoms with Crippen molar-refractivity contribution in [3.8, 4) is 0 Å². The maximum absolute atomic E-state index is 11.0. The summed E-state index contributed by atoms with van der Waals surface area (Å²) < 4.78 is 0. The van der Waals surface area contributed by atoms with Crippen molar-refractivity contribution in [2.24, 2.45) is 0 Å². The van der Waals surface area contributed by atoms with Gasteiger partial charge in [-0.1, -0.05) is 18.2 Å². The van der Waals surface area contributed by atoms with Crippen LogP contribution in [-0.2, 0) is 9.63 Å². The predicted molar refractivity (Wildman–Crippen MR) is 42.2 cm³/mol. The van der Waals surface area contributed by atoms with E-state index in [1.54, 1.807) is 30.3 Å². The molecule has 0 aromatic heterocycles. The smallest absolute Gasteiger partial charge is 1.00 e. The number of amides is 1. The second-order valence-corrected chi connectivity index (χ2v) is 1.99. The summed E-state index contributed by atoms with van der Waals surface area (Å²) in [6, 6.07) is 8.38. The summed E-state index contributed by atoms with van der Waals surface area (Å²) in [5, 5.41) is 0. The standard InChI is InChI=1S/C8H7NO3.Na.H/c10-6-9-12-8(11)7-4-2-1-3-5-7;;/h1-6H,(H,9,10);;/q;+1;-1. The molecular weight excluding hydrogens is 181 g/mol. The summed E-state index contributed by atoms with van der Waals surface area (Å²) in [6.07, 6.45) is 0.292. The number of hydrogen-bond acceptors (Lipinski definition) is 3. The first-order chi connectivity index (χ1) is 5.84. The second-order valence-electron chi connectivity index (χ2n) is 1.99. The topological polar surface area (TPSA) is 55.4 Å². The van der Waals surface area contributed by atoms with Crippen molar-refractivity contribution >= 4 is 12.4 Å². The van der Waals surface area contributed by atoms with Crippen LogP contribution in [0.1, 0.15) is 11.8 Å². The maximum atomic E-state index is 11.0. The van der Waals surface area contributed by atoms with E-state index in [1.165, 1.54) is 0 Å². The van der Waals surface area contributed by atoms with Gasteiger partial charge in [-0.05, 0) is 12.1 Å². The number of hydroxylamine groups is 1. The maximum Gasteiger partial charge on any atom is 1.00 e. The number of benzene rings is 1. The minimum absolute atomic E-state index is 0. The molecular formula is C8H8NNaO3. The number of carbonyl (C=O) groups is 2. The Kier molecular flexibility index (Phi) is 6.22. The minimum Gasteiger partial charge on any atom is -1.00 e. The van der Waals surface area contributed by atoms with Crippen LogP contribution in [0.4, 0.5) is 0 Å². The Bertz CT molecular complexity index is 281. The summed E-state index contributed by atoms with van der Waals surface area (Å²) in [6.45, 7) is 0. The molecule has 1 aromatic carbocycles. The van der Waals surface area contributed by atoms with E-state index < -0.39 is 5.97 Å². The van der Waals surface area contributed by atoms with Gasteiger partial charge in [0.15, 0.2) is 0 Å². The molecule has 4 nitrogen and oxygen atoms in total. The summed E-state index contributed by atoms with van der Waals surface area (Å²) in [5.74, 6) is -0.581. The van der Waals surface area contributed by atoms with Crippen LogP contribution >= 0.6 is 0 Å². The molecule has 1 N–H and O–H groups in total. The van der Waals surface area contributed by atoms with E-state index in [2.05, 4.69) is 4.84 Å². The zero-order valence-corrected chi connectivity index (χ0v) is 9.19. The van der Waals surface area contributed by atoms with Crippen molar-refractivity contribution in [2.45, 2.75) is 0 Å². The molecule has 1 rings (SSSR count). The van der Waals surface area contributed by atoms with E-state index in [0.717, 1.165) is 0 Å². The molecule has 0 bridgehead atoms. The first-order valence-corrected chi connectivity index (χ1v) is 3.30. The first kappa shape index (κ1) is 12.2. The summed E-state index contributed by atoms with van der Waals surface area (Å²) >= 11 is 0. The van der Waals surface area contributed by atoms with Crippen LogP contribution in [0.5, 0.6) is 0 Å². The van der Waals surface area contributed by atoms with Crippen LogP contribution in [-0.4, -0.2) is 12.4 Å². The molecule has 0 aliphatic rings. The summed E-state index contributed by atoms with van der Waals surface area (Å²) in [5.41, 5.74) is 2.21. The van der Waals surface area contributed by atoms with Gasteiger partial charge in [-0.15, -0.1) is 0 Å². The monoisotopic (exact) mass is 189 g/mol. The van der Waals surface area contributed by atoms with Crippen molar-refractivity contribution in [3.05, 3.63) is 35.9 Å². The molecule has 0 saturated heterocycles. The molecule has 5 heteroatoms. The van der Waals surface area contributed by atoms with Gasteiger partial charge in [0.05, 0.1) is 5.56 Å². The zero-order valence-electron chi connectivity index (χ0n) is 8.19. The van der Waals surface area contributed by atoms with E-state index >= 15 is 0 Å². The normalized spacial score (nSPS) is 8.00. The Morgan fingerprint density at radius 1 is 1.38 bits per heavy atom. The molecule has 0 radical (unpaired) electrons. The van der Waals surface area contributed by atoms with Crippen molar-refractivity contribution in [3.63, 3.8) is 0 Å². The quantitative estimate of drug-likeness (QED) is 0.328. The molecule has 0 spiro atoms. The van der Waals surface area contributed by atoms with Crippen LogP contribution in [0, 0.1) is 0 Å². The molecule has 13 heavy (non-hydrogen) atoms. The fourth-order valence-electron chi connectivity index (χ4n) is 0.711. The molecule has 0 atom stereocenters. The summed E-state index contributed by atoms with van der Waals surface area (Å²) in [4.78, 5) is 25.0. The second kappa shape index (κ2) is 6.65. The number of rotatable bonds is 3. The molecule has 0 aliphatic heterocycles. The van der Waals surface area contributed by atoms with Crippen LogP contribution in [0.15, 0.2) is 30.3 Å². The molecule has 0 aliphatic carbocycles. The molecule has 64 valence electrons. The average Bonchev–Trinajstić information content (AvgIpc) is 2.15. The van der Waals surface area contributed by atoms with Crippen LogP contribution < -0.4 is 35.0 Å². The molecule has 0 saturated carbocycles. The van der Waals surface area contributed by atoms with E-state index in [0.29, 0.717) is 12.0 Å². The fourth-order valence-corrected chi connectivity index (χ4v) is 0.711. The third kappa shape index (κ3) is 4.07. The fraction of sp³-hybridized carbons (Fsp3) is 0. The first-order valence-electron chi connectivity index (χ1n) is 3.30. The van der Waals surface area contributed by atoms with Crippen molar-refractivity contribution in [1.29, 1.82) is 0 Å². The Morgan fingerprint density at radius 3 is 2.54 bits per heavy atom. The van der Waals surface area contributed by atoms with E-state index in [4.69, 9.17) is 0 Å². The van der Waals surface area contributed by atoms with Gasteiger partial charge in [-0.3, -0.25) is 4.79 Å². The minimum atomic E-state index is -0.581. The van der Waals surface area contributed by atoms with Crippen LogP contribution in [0.25, 0.3) is 0 Å². The van der Waals surface area contributed by atoms with Gasteiger partial charge in [-0.2, -0.15) is 5.48 Å². The average molecular weight is 189 g/mol. The van der Waals surface area contributed by atoms with Gasteiger partial charge in [0.25, 0.3) is 0 Å². The Hall–Kier alpha value is -0.840. The third-order valence-electron chi connectivity index (χ3n) is 1.21. The van der Waals surface area contributed by atoms with Crippen LogP contribution in [0.2, 0.25) is 0 Å². The molecule has 0 unspecified atom stereocenters. The summed E-state index contributed by atoms with van der Waals surface area (Å²) in [7, 11) is 0. The zero-order chi connectivity index (χ0) is 8.81. The van der Waals surface area contributed by atoms with E-state index in [9.17, 15) is 9.59 Å². The van der Waals surface area contributed by atoms with Crippen molar-refractivity contribution in [1.82, 2.24) is 5.48 Å². The largest absolute Gasteiger partial charge is 1.00 e. The number of carbonyl (C=O) groups excluding carboxylic acids is 2. The molecule has 0 heterocycles. The van der Waals surface area contributed by atoms with Crippen molar-refractivity contribution < 1.29 is 45.4 Å². The molecule has 1 amide bonds. The SMILES string of the molecule is O=CNOC(=O)c1ccccc1.[H-].[Na+]. The predicted octanol–water partition coefficient (Wildman–Crippen LogP) is -2.38. The Labute approximate surface area is 99.0 Å². The van der Waals surface area contributed by atoms with Gasteiger partial charge in [0, 0.05) is 0 Å². The van der Waals surface area contributed by atoms with Crippen molar-refractivity contribution in [2.75, 3.05) is 0 Å². The Morgan fingerprint density at radius 2 is 2.00 bits per heavy atom. The molecule has 0 fully saturated rings. The van der Waals surface area contributed by atoms with E-state index in [-0.39, 0.29) is 31.0 Å². The Balaban J connectivity index is 0. The van der Waals surface area contributed by atoms with Crippen LogP contribution in [0.3, 0.4) is 0 Å². The third-order valence-corrected chi connectivity index (χ3v) is 1.21. The number of hydrogen-bond donors (Lipinski definition) is 1. The molecule has 1 aromatic rings. The van der Waals surface area contributed by atoms with Gasteiger partial charge < -0.3 is 6.26 Å². The number of nitrogens with one attached hydrogen (secondary N) is 1. The van der Waals surface area contributed by atoms with Gasteiger partial charge in [0.1, 0.15) is 0 Å². The van der Waals surface area contributed by atoms with E-state index in [1.807, 2.05) is 5.48 Å².